The van der Waals surface area contributed by atoms with Gasteiger partial charge in [-0.1, -0.05) is 37.6 Å². The lowest BCUT2D eigenvalue weighted by Crippen LogP contribution is -2.41. The fraction of sp³-hybridized carbons (Fsp3) is 0.429. The van der Waals surface area contributed by atoms with Crippen molar-refractivity contribution in [2.24, 2.45) is 5.92 Å². The van der Waals surface area contributed by atoms with Crippen molar-refractivity contribution in [1.29, 1.82) is 0 Å². The highest BCUT2D eigenvalue weighted by atomic mass is 35.5. The van der Waals surface area contributed by atoms with Gasteiger partial charge in [0.25, 0.3) is 5.91 Å². The Bertz CT molecular complexity index is 486. The van der Waals surface area contributed by atoms with Crippen LogP contribution in [0.1, 0.15) is 36.2 Å². The Labute approximate surface area is 117 Å². The van der Waals surface area contributed by atoms with Crippen LogP contribution in [0.25, 0.3) is 0 Å². The number of rotatable bonds is 5. The molecule has 0 aromatic heterocycles. The molecule has 0 aliphatic rings. The predicted molar refractivity (Wildman–Crippen MR) is 74.5 cm³/mol. The summed E-state index contributed by atoms with van der Waals surface area (Å²) in [5.41, 5.74) is 1.08. The minimum absolute atomic E-state index is 0.175. The van der Waals surface area contributed by atoms with Crippen molar-refractivity contribution >= 4 is 23.5 Å². The van der Waals surface area contributed by atoms with Gasteiger partial charge in [-0.3, -0.25) is 4.79 Å². The average Bonchev–Trinajstić information content (AvgIpc) is 2.31. The number of hydrogen-bond acceptors (Lipinski definition) is 2. The number of aryl methyl sites for hydroxylation is 1. The molecule has 0 aliphatic heterocycles. The molecule has 104 valence electrons. The van der Waals surface area contributed by atoms with Crippen LogP contribution in [0.4, 0.5) is 0 Å². The number of aliphatic carboxylic acids is 1. The second-order valence-corrected chi connectivity index (χ2v) is 5.31. The molecule has 1 aromatic rings. The van der Waals surface area contributed by atoms with Crippen LogP contribution in [0.2, 0.25) is 5.02 Å². The standard InChI is InChI=1S/C14H18ClNO3/c1-8(2)7-11(14(18)19)16-13(17)10-6-4-5-9(3)12(10)15/h4-6,8,11H,7H2,1-3H3,(H,16,17)(H,18,19)/t11-/m0/s1. The van der Waals surface area contributed by atoms with E-state index in [1.807, 2.05) is 13.8 Å². The van der Waals surface area contributed by atoms with Gasteiger partial charge < -0.3 is 10.4 Å². The van der Waals surface area contributed by atoms with Gasteiger partial charge in [0, 0.05) is 0 Å². The maximum absolute atomic E-state index is 12.1. The summed E-state index contributed by atoms with van der Waals surface area (Å²) < 4.78 is 0. The van der Waals surface area contributed by atoms with Crippen molar-refractivity contribution in [3.63, 3.8) is 0 Å². The molecule has 0 radical (unpaired) electrons. The van der Waals surface area contributed by atoms with E-state index in [0.29, 0.717) is 17.0 Å². The largest absolute Gasteiger partial charge is 0.480 e. The van der Waals surface area contributed by atoms with Crippen LogP contribution in [0.3, 0.4) is 0 Å². The molecular formula is C14H18ClNO3. The molecule has 4 nitrogen and oxygen atoms in total. The van der Waals surface area contributed by atoms with Gasteiger partial charge in [0.15, 0.2) is 0 Å². The zero-order chi connectivity index (χ0) is 14.6. The second kappa shape index (κ2) is 6.57. The van der Waals surface area contributed by atoms with Crippen molar-refractivity contribution in [1.82, 2.24) is 5.32 Å². The molecule has 0 bridgehead atoms. The highest BCUT2D eigenvalue weighted by molar-refractivity contribution is 6.34. The monoisotopic (exact) mass is 283 g/mol. The third-order valence-electron chi connectivity index (χ3n) is 2.75. The fourth-order valence-electron chi connectivity index (χ4n) is 1.75. The van der Waals surface area contributed by atoms with E-state index in [2.05, 4.69) is 5.32 Å². The Kier molecular flexibility index (Phi) is 5.36. The summed E-state index contributed by atoms with van der Waals surface area (Å²) in [7, 11) is 0. The third-order valence-corrected chi connectivity index (χ3v) is 3.25. The van der Waals surface area contributed by atoms with Gasteiger partial charge in [0.2, 0.25) is 0 Å². The Hall–Kier alpha value is -1.55. The first-order chi connectivity index (χ1) is 8.82. The van der Waals surface area contributed by atoms with Gasteiger partial charge in [-0.05, 0) is 30.9 Å². The molecule has 0 aliphatic carbocycles. The molecule has 2 N–H and O–H groups in total. The molecule has 0 saturated carbocycles. The van der Waals surface area contributed by atoms with E-state index >= 15 is 0 Å². The summed E-state index contributed by atoms with van der Waals surface area (Å²) in [6, 6.07) is 4.19. The number of carbonyl (C=O) groups is 2. The summed E-state index contributed by atoms with van der Waals surface area (Å²) in [4.78, 5) is 23.2. The fourth-order valence-corrected chi connectivity index (χ4v) is 1.96. The van der Waals surface area contributed by atoms with Gasteiger partial charge in [0.05, 0.1) is 10.6 Å². The van der Waals surface area contributed by atoms with Gasteiger partial charge >= 0.3 is 5.97 Å². The highest BCUT2D eigenvalue weighted by Gasteiger charge is 2.22. The van der Waals surface area contributed by atoms with Crippen molar-refractivity contribution < 1.29 is 14.7 Å². The third kappa shape index (κ3) is 4.24. The Morgan fingerprint density at radius 3 is 2.53 bits per heavy atom. The predicted octanol–water partition coefficient (Wildman–Crippen LogP) is 2.88. The van der Waals surface area contributed by atoms with E-state index in [4.69, 9.17) is 16.7 Å². The SMILES string of the molecule is Cc1cccc(C(=O)N[C@@H](CC(C)C)C(=O)O)c1Cl. The van der Waals surface area contributed by atoms with Crippen LogP contribution in [0.5, 0.6) is 0 Å². The smallest absolute Gasteiger partial charge is 0.326 e. The van der Waals surface area contributed by atoms with Crippen molar-refractivity contribution in [3.8, 4) is 0 Å². The number of carboxylic acid groups (broad SMARTS) is 1. The van der Waals surface area contributed by atoms with Crippen molar-refractivity contribution in [3.05, 3.63) is 34.3 Å². The molecule has 19 heavy (non-hydrogen) atoms. The van der Waals surface area contributed by atoms with Crippen LogP contribution in [-0.2, 0) is 4.79 Å². The van der Waals surface area contributed by atoms with Gasteiger partial charge in [-0.2, -0.15) is 0 Å². The van der Waals surface area contributed by atoms with E-state index in [-0.39, 0.29) is 5.92 Å². The molecule has 1 aromatic carbocycles. The lowest BCUT2D eigenvalue weighted by molar-refractivity contribution is -0.139. The van der Waals surface area contributed by atoms with Gasteiger partial charge in [-0.25, -0.2) is 4.79 Å². The summed E-state index contributed by atoms with van der Waals surface area (Å²) in [5, 5.41) is 12.0. The van der Waals surface area contributed by atoms with E-state index in [1.165, 1.54) is 0 Å². The molecule has 1 atom stereocenters. The number of benzene rings is 1. The molecule has 0 spiro atoms. The molecule has 0 unspecified atom stereocenters. The first kappa shape index (κ1) is 15.5. The summed E-state index contributed by atoms with van der Waals surface area (Å²) >= 11 is 6.05. The van der Waals surface area contributed by atoms with E-state index in [9.17, 15) is 9.59 Å². The van der Waals surface area contributed by atoms with E-state index in [1.54, 1.807) is 25.1 Å². The number of amides is 1. The normalized spacial score (nSPS) is 12.3. The lowest BCUT2D eigenvalue weighted by Gasteiger charge is -2.17. The topological polar surface area (TPSA) is 66.4 Å². The lowest BCUT2D eigenvalue weighted by atomic mass is 10.0. The molecule has 1 amide bonds. The summed E-state index contributed by atoms with van der Waals surface area (Å²) in [6.45, 7) is 5.60. The number of nitrogens with one attached hydrogen (secondary N) is 1. The van der Waals surface area contributed by atoms with Crippen LogP contribution in [-0.4, -0.2) is 23.0 Å². The van der Waals surface area contributed by atoms with E-state index < -0.39 is 17.9 Å². The van der Waals surface area contributed by atoms with Gasteiger partial charge in [0.1, 0.15) is 6.04 Å². The molecule has 0 heterocycles. The van der Waals surface area contributed by atoms with E-state index in [0.717, 1.165) is 5.56 Å². The number of carboxylic acids is 1. The van der Waals surface area contributed by atoms with Crippen LogP contribution < -0.4 is 5.32 Å². The first-order valence-electron chi connectivity index (χ1n) is 6.11. The second-order valence-electron chi connectivity index (χ2n) is 4.93. The summed E-state index contributed by atoms with van der Waals surface area (Å²) in [5.74, 6) is -1.32. The van der Waals surface area contributed by atoms with Crippen LogP contribution >= 0.6 is 11.6 Å². The van der Waals surface area contributed by atoms with Gasteiger partial charge in [-0.15, -0.1) is 0 Å². The molecule has 1 rings (SSSR count). The molecule has 0 fully saturated rings. The molecule has 5 heteroatoms. The maximum atomic E-state index is 12.1. The Balaban J connectivity index is 2.88. The highest BCUT2D eigenvalue weighted by Crippen LogP contribution is 2.20. The molecular weight excluding hydrogens is 266 g/mol. The van der Waals surface area contributed by atoms with Crippen molar-refractivity contribution in [2.75, 3.05) is 0 Å². The minimum Gasteiger partial charge on any atom is -0.480 e. The Morgan fingerprint density at radius 2 is 2.00 bits per heavy atom. The minimum atomic E-state index is -1.04. The number of carbonyl (C=O) groups excluding carboxylic acids is 1. The maximum Gasteiger partial charge on any atom is 0.326 e. The Morgan fingerprint density at radius 1 is 1.37 bits per heavy atom. The number of hydrogen-bond donors (Lipinski definition) is 2. The summed E-state index contributed by atoms with van der Waals surface area (Å²) in [6.07, 6.45) is 0.379. The average molecular weight is 284 g/mol. The number of halogens is 1. The van der Waals surface area contributed by atoms with Crippen LogP contribution in [0, 0.1) is 12.8 Å². The zero-order valence-electron chi connectivity index (χ0n) is 11.2. The quantitative estimate of drug-likeness (QED) is 0.873. The first-order valence-corrected chi connectivity index (χ1v) is 6.49. The van der Waals surface area contributed by atoms with Crippen LogP contribution in [0.15, 0.2) is 18.2 Å². The molecule has 0 saturated heterocycles. The zero-order valence-corrected chi connectivity index (χ0v) is 12.0. The van der Waals surface area contributed by atoms with Crippen molar-refractivity contribution in [2.45, 2.75) is 33.2 Å².